The number of hydrogen-bond acceptors (Lipinski definition) is 0. The smallest absolute Gasteiger partial charge is 0.00203 e. The molecule has 0 aliphatic carbocycles. The molecular formula is C60H38. The Hall–Kier alpha value is -7.80. The predicted octanol–water partition coefficient (Wildman–Crippen LogP) is 16.9. The standard InChI is InChI=1S/C60H38/c1-3-11-39(12-4-1)51-21-9-15-41-23-25-47(37-57(41)51)45-17-7-19-49(35-45)53-31-27-43-30-34-56-54(32-28-44-29-33-55(53)59(43)60(44)56)50-20-8-18-46(36-50)48-26-24-42-16-10-22-52(58(42)38-48)40-13-5-2-6-14-40/h1-38H. The molecule has 0 unspecified atom stereocenters. The summed E-state index contributed by atoms with van der Waals surface area (Å²) in [4.78, 5) is 0. The van der Waals surface area contributed by atoms with Crippen LogP contribution >= 0.6 is 0 Å². The molecule has 60 heavy (non-hydrogen) atoms. The fraction of sp³-hybridized carbons (Fsp3) is 0. The van der Waals surface area contributed by atoms with E-state index in [9.17, 15) is 0 Å². The minimum absolute atomic E-state index is 1.22. The van der Waals surface area contributed by atoms with Gasteiger partial charge in [-0.3, -0.25) is 0 Å². The van der Waals surface area contributed by atoms with Crippen molar-refractivity contribution in [2.75, 3.05) is 0 Å². The van der Waals surface area contributed by atoms with Gasteiger partial charge in [-0.15, -0.1) is 0 Å². The molecule has 0 bridgehead atoms. The maximum atomic E-state index is 2.37. The maximum Gasteiger partial charge on any atom is -0.00203 e. The van der Waals surface area contributed by atoms with Crippen molar-refractivity contribution in [2.45, 2.75) is 0 Å². The van der Waals surface area contributed by atoms with Crippen molar-refractivity contribution >= 4 is 53.9 Å². The number of hydrogen-bond donors (Lipinski definition) is 0. The van der Waals surface area contributed by atoms with Crippen LogP contribution in [0.25, 0.3) is 121 Å². The molecular weight excluding hydrogens is 721 g/mol. The molecule has 278 valence electrons. The van der Waals surface area contributed by atoms with E-state index in [1.807, 2.05) is 0 Å². The van der Waals surface area contributed by atoms with Crippen LogP contribution in [0.1, 0.15) is 0 Å². The highest BCUT2D eigenvalue weighted by molar-refractivity contribution is 6.27. The molecule has 12 aromatic carbocycles. The summed E-state index contributed by atoms with van der Waals surface area (Å²) >= 11 is 0. The first-order valence-electron chi connectivity index (χ1n) is 20.8. The SMILES string of the molecule is c1ccc(-c2cccc3ccc(-c4cccc(-c5ccc6ccc7c(-c8cccc(-c9ccc%10cccc(-c%11ccccc%11)c%10c9)c8)ccc8ccc5c6c87)c4)cc23)cc1. The summed E-state index contributed by atoms with van der Waals surface area (Å²) in [7, 11) is 0. The maximum absolute atomic E-state index is 2.37. The van der Waals surface area contributed by atoms with Gasteiger partial charge in [-0.1, -0.05) is 206 Å². The van der Waals surface area contributed by atoms with Gasteiger partial charge in [-0.2, -0.15) is 0 Å². The lowest BCUT2D eigenvalue weighted by atomic mass is 9.86. The zero-order valence-corrected chi connectivity index (χ0v) is 32.9. The van der Waals surface area contributed by atoms with E-state index in [0.717, 1.165) is 0 Å². The van der Waals surface area contributed by atoms with Crippen molar-refractivity contribution in [1.29, 1.82) is 0 Å². The third-order valence-corrected chi connectivity index (χ3v) is 12.6. The lowest BCUT2D eigenvalue weighted by Crippen LogP contribution is -1.90. The van der Waals surface area contributed by atoms with E-state index in [1.54, 1.807) is 0 Å². The summed E-state index contributed by atoms with van der Waals surface area (Å²) in [5.74, 6) is 0. The zero-order valence-electron chi connectivity index (χ0n) is 32.9. The summed E-state index contributed by atoms with van der Waals surface area (Å²) < 4.78 is 0. The highest BCUT2D eigenvalue weighted by Crippen LogP contribution is 2.44. The van der Waals surface area contributed by atoms with Crippen LogP contribution in [0.4, 0.5) is 0 Å². The predicted molar refractivity (Wildman–Crippen MR) is 258 cm³/mol. The van der Waals surface area contributed by atoms with Gasteiger partial charge in [0.05, 0.1) is 0 Å². The molecule has 0 heteroatoms. The molecule has 0 amide bonds. The molecule has 12 aromatic rings. The molecule has 0 atom stereocenters. The van der Waals surface area contributed by atoms with Crippen LogP contribution in [-0.4, -0.2) is 0 Å². The quantitative estimate of drug-likeness (QED) is 0.148. The van der Waals surface area contributed by atoms with Gasteiger partial charge in [0.2, 0.25) is 0 Å². The molecule has 0 spiro atoms. The van der Waals surface area contributed by atoms with Crippen LogP contribution in [0.2, 0.25) is 0 Å². The van der Waals surface area contributed by atoms with Gasteiger partial charge in [0.15, 0.2) is 0 Å². The number of fused-ring (bicyclic) bond motifs is 2. The van der Waals surface area contributed by atoms with Crippen molar-refractivity contribution < 1.29 is 0 Å². The van der Waals surface area contributed by atoms with E-state index in [4.69, 9.17) is 0 Å². The van der Waals surface area contributed by atoms with E-state index >= 15 is 0 Å². The molecule has 12 rings (SSSR count). The van der Waals surface area contributed by atoms with Gasteiger partial charge in [0.1, 0.15) is 0 Å². The Bertz CT molecular complexity index is 3340. The summed E-state index contributed by atoms with van der Waals surface area (Å²) in [6.07, 6.45) is 0. The van der Waals surface area contributed by atoms with Crippen molar-refractivity contribution in [3.63, 3.8) is 0 Å². The van der Waals surface area contributed by atoms with Gasteiger partial charge in [-0.25, -0.2) is 0 Å². The third-order valence-electron chi connectivity index (χ3n) is 12.6. The normalized spacial score (nSPS) is 11.7. The highest BCUT2D eigenvalue weighted by Gasteiger charge is 2.16. The van der Waals surface area contributed by atoms with Crippen LogP contribution in [0.3, 0.4) is 0 Å². The van der Waals surface area contributed by atoms with Gasteiger partial charge < -0.3 is 0 Å². The lowest BCUT2D eigenvalue weighted by molar-refractivity contribution is 1.61. The molecule has 0 N–H and O–H groups in total. The fourth-order valence-corrected chi connectivity index (χ4v) is 9.68. The average molecular weight is 759 g/mol. The highest BCUT2D eigenvalue weighted by atomic mass is 14.2. The Kier molecular flexibility index (Phi) is 7.96. The van der Waals surface area contributed by atoms with E-state index in [-0.39, 0.29) is 0 Å². The molecule has 0 radical (unpaired) electrons. The largest absolute Gasteiger partial charge is 0.0622 e. The van der Waals surface area contributed by atoms with Crippen LogP contribution in [0.5, 0.6) is 0 Å². The van der Waals surface area contributed by atoms with Gasteiger partial charge in [0, 0.05) is 0 Å². The first-order valence-corrected chi connectivity index (χ1v) is 20.8. The molecule has 0 saturated heterocycles. The van der Waals surface area contributed by atoms with Crippen LogP contribution in [0, 0.1) is 0 Å². The van der Waals surface area contributed by atoms with Gasteiger partial charge in [0.25, 0.3) is 0 Å². The van der Waals surface area contributed by atoms with Crippen LogP contribution in [-0.2, 0) is 0 Å². The summed E-state index contributed by atoms with van der Waals surface area (Å²) in [5.41, 5.74) is 14.8. The van der Waals surface area contributed by atoms with Crippen molar-refractivity contribution in [3.8, 4) is 66.8 Å². The third kappa shape index (κ3) is 5.69. The van der Waals surface area contributed by atoms with E-state index in [2.05, 4.69) is 231 Å². The molecule has 0 heterocycles. The van der Waals surface area contributed by atoms with Crippen molar-refractivity contribution in [2.24, 2.45) is 0 Å². The minimum atomic E-state index is 1.22. The molecule has 0 fully saturated rings. The second kappa shape index (κ2) is 13.9. The fourth-order valence-electron chi connectivity index (χ4n) is 9.68. The van der Waals surface area contributed by atoms with Crippen LogP contribution in [0.15, 0.2) is 231 Å². The average Bonchev–Trinajstić information content (AvgIpc) is 3.33. The Balaban J connectivity index is 0.957. The summed E-state index contributed by atoms with van der Waals surface area (Å²) in [6.45, 7) is 0. The molecule has 0 aliphatic heterocycles. The Morgan fingerprint density at radius 1 is 0.167 bits per heavy atom. The zero-order chi connectivity index (χ0) is 39.6. The molecule has 0 aromatic heterocycles. The van der Waals surface area contributed by atoms with Crippen LogP contribution < -0.4 is 0 Å². The second-order valence-corrected chi connectivity index (χ2v) is 16.0. The molecule has 0 nitrogen and oxygen atoms in total. The van der Waals surface area contributed by atoms with Gasteiger partial charge >= 0.3 is 0 Å². The first kappa shape index (κ1) is 34.3. The van der Waals surface area contributed by atoms with Crippen molar-refractivity contribution in [3.05, 3.63) is 231 Å². The molecule has 0 aliphatic rings. The van der Waals surface area contributed by atoms with E-state index in [1.165, 1.54) is 121 Å². The van der Waals surface area contributed by atoms with Crippen molar-refractivity contribution in [1.82, 2.24) is 0 Å². The summed E-state index contributed by atoms with van der Waals surface area (Å²) in [6, 6.07) is 85.1. The Morgan fingerprint density at radius 3 is 0.983 bits per heavy atom. The minimum Gasteiger partial charge on any atom is -0.0622 e. The summed E-state index contributed by atoms with van der Waals surface area (Å²) in [5, 5.41) is 12.8. The van der Waals surface area contributed by atoms with E-state index < -0.39 is 0 Å². The Morgan fingerprint density at radius 2 is 0.517 bits per heavy atom. The lowest BCUT2D eigenvalue weighted by Gasteiger charge is -2.17. The second-order valence-electron chi connectivity index (χ2n) is 16.0. The number of benzene rings is 12. The van der Waals surface area contributed by atoms with Gasteiger partial charge in [-0.05, 0) is 145 Å². The number of rotatable bonds is 6. The first-order chi connectivity index (χ1) is 29.7. The topological polar surface area (TPSA) is 0 Å². The van der Waals surface area contributed by atoms with E-state index in [0.29, 0.717) is 0 Å². The monoisotopic (exact) mass is 758 g/mol. The molecule has 0 saturated carbocycles. The Labute approximate surface area is 349 Å².